The van der Waals surface area contributed by atoms with Gasteiger partial charge in [0, 0.05) is 29.2 Å². The Labute approximate surface area is 125 Å². The maximum absolute atomic E-state index is 11.6. The minimum absolute atomic E-state index is 0.411. The van der Waals surface area contributed by atoms with E-state index in [-0.39, 0.29) is 0 Å². The highest BCUT2D eigenvalue weighted by Gasteiger charge is 2.22. The smallest absolute Gasteiger partial charge is 0.337 e. The van der Waals surface area contributed by atoms with Crippen LogP contribution >= 0.6 is 0 Å². The lowest BCUT2D eigenvalue weighted by molar-refractivity contribution is 0.0695. The number of nitrogens with one attached hydrogen (secondary N) is 1. The number of benzene rings is 1. The first kappa shape index (κ1) is 15.3. The average molecular weight is 286 g/mol. The number of aryl methyl sites for hydroxylation is 1. The average Bonchev–Trinajstić information content (AvgIpc) is 2.69. The SMILES string of the molecule is CCNCc1c(C(=O)O)c(C)n(-c2ccc(C)cc2)c1C. The van der Waals surface area contributed by atoms with E-state index in [0.29, 0.717) is 12.1 Å². The molecule has 1 heterocycles. The van der Waals surface area contributed by atoms with Crippen molar-refractivity contribution in [2.24, 2.45) is 0 Å². The monoisotopic (exact) mass is 286 g/mol. The molecule has 0 saturated carbocycles. The van der Waals surface area contributed by atoms with E-state index in [1.54, 1.807) is 0 Å². The molecule has 0 fully saturated rings. The first-order chi connectivity index (χ1) is 9.97. The van der Waals surface area contributed by atoms with Gasteiger partial charge in [0.1, 0.15) is 0 Å². The number of hydrogen-bond acceptors (Lipinski definition) is 2. The molecule has 0 bridgehead atoms. The van der Waals surface area contributed by atoms with Crippen LogP contribution in [0.2, 0.25) is 0 Å². The Bertz CT molecular complexity index is 654. The van der Waals surface area contributed by atoms with Crippen LogP contribution in [0.1, 0.15) is 39.8 Å². The van der Waals surface area contributed by atoms with Crippen molar-refractivity contribution in [1.29, 1.82) is 0 Å². The van der Waals surface area contributed by atoms with Crippen LogP contribution in [0.4, 0.5) is 0 Å². The summed E-state index contributed by atoms with van der Waals surface area (Å²) in [6.45, 7) is 9.28. The van der Waals surface area contributed by atoms with Gasteiger partial charge in [0.15, 0.2) is 0 Å². The largest absolute Gasteiger partial charge is 0.478 e. The van der Waals surface area contributed by atoms with Crippen molar-refractivity contribution in [3.8, 4) is 5.69 Å². The van der Waals surface area contributed by atoms with E-state index >= 15 is 0 Å². The summed E-state index contributed by atoms with van der Waals surface area (Å²) in [4.78, 5) is 11.6. The van der Waals surface area contributed by atoms with Gasteiger partial charge in [0.05, 0.1) is 5.56 Å². The molecule has 0 aliphatic rings. The zero-order chi connectivity index (χ0) is 15.6. The maximum atomic E-state index is 11.6. The summed E-state index contributed by atoms with van der Waals surface area (Å²) in [5.74, 6) is -0.866. The Morgan fingerprint density at radius 1 is 1.14 bits per heavy atom. The Balaban J connectivity index is 2.61. The van der Waals surface area contributed by atoms with Crippen LogP contribution in [-0.2, 0) is 6.54 Å². The van der Waals surface area contributed by atoms with Crippen LogP contribution in [0.5, 0.6) is 0 Å². The van der Waals surface area contributed by atoms with E-state index in [2.05, 4.69) is 5.32 Å². The zero-order valence-electron chi connectivity index (χ0n) is 13.0. The molecule has 1 aromatic carbocycles. The minimum atomic E-state index is -0.866. The minimum Gasteiger partial charge on any atom is -0.478 e. The van der Waals surface area contributed by atoms with Crippen LogP contribution < -0.4 is 5.32 Å². The first-order valence-corrected chi connectivity index (χ1v) is 7.19. The summed E-state index contributed by atoms with van der Waals surface area (Å²) in [5.41, 5.74) is 5.22. The van der Waals surface area contributed by atoms with E-state index in [0.717, 1.165) is 29.2 Å². The number of carboxylic acid groups (broad SMARTS) is 1. The van der Waals surface area contributed by atoms with Gasteiger partial charge in [-0.2, -0.15) is 0 Å². The van der Waals surface area contributed by atoms with Gasteiger partial charge in [-0.15, -0.1) is 0 Å². The molecule has 0 radical (unpaired) electrons. The highest BCUT2D eigenvalue weighted by atomic mass is 16.4. The number of nitrogens with zero attached hydrogens (tertiary/aromatic N) is 1. The fourth-order valence-corrected chi connectivity index (χ4v) is 2.73. The van der Waals surface area contributed by atoms with Crippen molar-refractivity contribution in [3.63, 3.8) is 0 Å². The quantitative estimate of drug-likeness (QED) is 0.887. The Hall–Kier alpha value is -2.07. The predicted molar refractivity (Wildman–Crippen MR) is 84.3 cm³/mol. The van der Waals surface area contributed by atoms with Crippen molar-refractivity contribution in [1.82, 2.24) is 9.88 Å². The Kier molecular flexibility index (Phi) is 4.48. The van der Waals surface area contributed by atoms with E-state index < -0.39 is 5.97 Å². The number of carbonyl (C=O) groups is 1. The van der Waals surface area contributed by atoms with Gasteiger partial charge in [-0.05, 0) is 39.4 Å². The topological polar surface area (TPSA) is 54.3 Å². The fraction of sp³-hybridized carbons (Fsp3) is 0.353. The molecule has 21 heavy (non-hydrogen) atoms. The molecule has 0 aliphatic carbocycles. The van der Waals surface area contributed by atoms with Crippen LogP contribution in [0.25, 0.3) is 5.69 Å². The molecule has 0 spiro atoms. The van der Waals surface area contributed by atoms with Gasteiger partial charge in [0.25, 0.3) is 0 Å². The molecule has 0 amide bonds. The van der Waals surface area contributed by atoms with Crippen LogP contribution in [0.15, 0.2) is 24.3 Å². The molecule has 2 rings (SSSR count). The van der Waals surface area contributed by atoms with Crippen molar-refractivity contribution in [2.75, 3.05) is 6.54 Å². The number of hydrogen-bond donors (Lipinski definition) is 2. The van der Waals surface area contributed by atoms with Crippen molar-refractivity contribution in [2.45, 2.75) is 34.2 Å². The van der Waals surface area contributed by atoms with Gasteiger partial charge in [0.2, 0.25) is 0 Å². The molecule has 0 aliphatic heterocycles. The lowest BCUT2D eigenvalue weighted by Gasteiger charge is -2.10. The lowest BCUT2D eigenvalue weighted by atomic mass is 10.1. The number of rotatable bonds is 5. The summed E-state index contributed by atoms with van der Waals surface area (Å²) >= 11 is 0. The fourth-order valence-electron chi connectivity index (χ4n) is 2.73. The van der Waals surface area contributed by atoms with Gasteiger partial charge in [-0.1, -0.05) is 24.6 Å². The van der Waals surface area contributed by atoms with E-state index in [1.807, 2.05) is 56.5 Å². The van der Waals surface area contributed by atoms with Crippen LogP contribution in [0.3, 0.4) is 0 Å². The summed E-state index contributed by atoms with van der Waals surface area (Å²) in [6, 6.07) is 8.13. The zero-order valence-corrected chi connectivity index (χ0v) is 13.0. The number of aromatic carboxylic acids is 1. The highest BCUT2D eigenvalue weighted by molar-refractivity contribution is 5.91. The van der Waals surface area contributed by atoms with Gasteiger partial charge < -0.3 is 15.0 Å². The van der Waals surface area contributed by atoms with E-state index in [1.165, 1.54) is 5.56 Å². The second kappa shape index (κ2) is 6.14. The Morgan fingerprint density at radius 3 is 2.29 bits per heavy atom. The van der Waals surface area contributed by atoms with Crippen molar-refractivity contribution in [3.05, 3.63) is 52.3 Å². The summed E-state index contributed by atoms with van der Waals surface area (Å²) in [7, 11) is 0. The normalized spacial score (nSPS) is 10.9. The molecule has 0 unspecified atom stereocenters. The number of carboxylic acids is 1. The lowest BCUT2D eigenvalue weighted by Crippen LogP contribution is -2.15. The van der Waals surface area contributed by atoms with Gasteiger partial charge >= 0.3 is 5.97 Å². The molecule has 112 valence electrons. The maximum Gasteiger partial charge on any atom is 0.337 e. The van der Waals surface area contributed by atoms with Crippen LogP contribution in [-0.4, -0.2) is 22.2 Å². The molecule has 1 aromatic heterocycles. The summed E-state index contributed by atoms with van der Waals surface area (Å²) in [5, 5.41) is 12.8. The Morgan fingerprint density at radius 2 is 1.76 bits per heavy atom. The van der Waals surface area contributed by atoms with E-state index in [4.69, 9.17) is 0 Å². The standard InChI is InChI=1S/C17H22N2O2/c1-5-18-10-15-12(3)19(13(4)16(15)17(20)21)14-8-6-11(2)7-9-14/h6-9,18H,5,10H2,1-4H3,(H,20,21). The van der Waals surface area contributed by atoms with Crippen LogP contribution in [0, 0.1) is 20.8 Å². The molecule has 0 saturated heterocycles. The van der Waals surface area contributed by atoms with E-state index in [9.17, 15) is 9.90 Å². The molecular weight excluding hydrogens is 264 g/mol. The summed E-state index contributed by atoms with van der Waals surface area (Å²) in [6.07, 6.45) is 0. The van der Waals surface area contributed by atoms with Gasteiger partial charge in [-0.25, -0.2) is 4.79 Å². The predicted octanol–water partition coefficient (Wildman–Crippen LogP) is 3.21. The molecule has 2 aromatic rings. The third-order valence-corrected chi connectivity index (χ3v) is 3.83. The third-order valence-electron chi connectivity index (χ3n) is 3.83. The summed E-state index contributed by atoms with van der Waals surface area (Å²) < 4.78 is 2.02. The molecular formula is C17H22N2O2. The molecule has 4 nitrogen and oxygen atoms in total. The van der Waals surface area contributed by atoms with Crippen molar-refractivity contribution >= 4 is 5.97 Å². The second-order valence-corrected chi connectivity index (χ2v) is 5.28. The molecule has 4 heteroatoms. The van der Waals surface area contributed by atoms with Gasteiger partial charge in [-0.3, -0.25) is 0 Å². The van der Waals surface area contributed by atoms with Crippen molar-refractivity contribution < 1.29 is 9.90 Å². The first-order valence-electron chi connectivity index (χ1n) is 7.19. The highest BCUT2D eigenvalue weighted by Crippen LogP contribution is 2.26. The molecule has 2 N–H and O–H groups in total. The third kappa shape index (κ3) is 2.85. The number of aromatic nitrogens is 1. The molecule has 0 atom stereocenters. The second-order valence-electron chi connectivity index (χ2n) is 5.28.